The minimum Gasteiger partial charge on any atom is -0.387 e. The van der Waals surface area contributed by atoms with Crippen LogP contribution in [0.15, 0.2) is 25.3 Å². The molecule has 0 aromatic heterocycles. The third-order valence-corrected chi connectivity index (χ3v) is 5.52. The summed E-state index contributed by atoms with van der Waals surface area (Å²) in [5, 5.41) is 13.4. The Morgan fingerprint density at radius 3 is 2.57 bits per heavy atom. The highest BCUT2D eigenvalue weighted by atomic mass is 16.5. The van der Waals surface area contributed by atoms with Gasteiger partial charge in [0, 0.05) is 45.7 Å². The number of rotatable bonds is 11. The second-order valence-corrected chi connectivity index (χ2v) is 7.81. The smallest absolute Gasteiger partial charge is 0.225 e. The van der Waals surface area contributed by atoms with Crippen LogP contribution in [0.2, 0.25) is 0 Å². The molecule has 7 nitrogen and oxygen atoms in total. The predicted octanol–water partition coefficient (Wildman–Crippen LogP) is 0.947. The first kappa shape index (κ1) is 22.6. The van der Waals surface area contributed by atoms with Crippen molar-refractivity contribution in [2.45, 2.75) is 37.7 Å². The molecule has 2 amide bonds. The topological polar surface area (TPSA) is 82.1 Å². The third-order valence-electron chi connectivity index (χ3n) is 5.52. The summed E-state index contributed by atoms with van der Waals surface area (Å²) < 4.78 is 5.35. The van der Waals surface area contributed by atoms with E-state index in [1.165, 1.54) is 0 Å². The average molecular weight is 394 g/mol. The second-order valence-electron chi connectivity index (χ2n) is 7.81. The van der Waals surface area contributed by atoms with Crippen molar-refractivity contribution in [1.29, 1.82) is 0 Å². The first-order valence-corrected chi connectivity index (χ1v) is 10.3. The summed E-state index contributed by atoms with van der Waals surface area (Å²) >= 11 is 0. The van der Waals surface area contributed by atoms with E-state index in [0.29, 0.717) is 38.8 Å². The standard InChI is InChI=1S/C21H35N3O4/c1-3-8-21(27,9-4-2)17-22-20(26)18-6-7-19(25)24(16-18)11-5-10-23-12-14-28-15-13-23/h3-4,18,27H,1-2,5-17H2,(H,22,26)/t18-/m0/s1. The molecule has 28 heavy (non-hydrogen) atoms. The van der Waals surface area contributed by atoms with Gasteiger partial charge < -0.3 is 20.1 Å². The molecule has 2 aliphatic heterocycles. The molecule has 2 rings (SSSR count). The SMILES string of the molecule is C=CCC(O)(CC=C)CNC(=O)[C@H]1CCC(=O)N(CCCN2CCOCC2)C1. The van der Waals surface area contributed by atoms with Crippen LogP contribution in [0.3, 0.4) is 0 Å². The van der Waals surface area contributed by atoms with Crippen molar-refractivity contribution in [3.8, 4) is 0 Å². The lowest BCUT2D eigenvalue weighted by Gasteiger charge is -2.34. The Labute approximate surface area is 168 Å². The average Bonchev–Trinajstić information content (AvgIpc) is 2.69. The summed E-state index contributed by atoms with van der Waals surface area (Å²) in [7, 11) is 0. The van der Waals surface area contributed by atoms with E-state index in [1.807, 2.05) is 4.90 Å². The third kappa shape index (κ3) is 7.04. The molecule has 2 fully saturated rings. The molecule has 1 atom stereocenters. The van der Waals surface area contributed by atoms with Gasteiger partial charge in [0.15, 0.2) is 0 Å². The van der Waals surface area contributed by atoms with Crippen molar-refractivity contribution < 1.29 is 19.4 Å². The number of hydrogen-bond acceptors (Lipinski definition) is 5. The largest absolute Gasteiger partial charge is 0.387 e. The summed E-state index contributed by atoms with van der Waals surface area (Å²) in [6, 6.07) is 0. The molecule has 0 aliphatic carbocycles. The van der Waals surface area contributed by atoms with Crippen molar-refractivity contribution >= 4 is 11.8 Å². The number of nitrogens with zero attached hydrogens (tertiary/aromatic N) is 2. The molecule has 2 saturated heterocycles. The molecule has 2 aliphatic rings. The first-order valence-electron chi connectivity index (χ1n) is 10.3. The number of aliphatic hydroxyl groups is 1. The lowest BCUT2D eigenvalue weighted by atomic mass is 9.93. The van der Waals surface area contributed by atoms with Crippen LogP contribution < -0.4 is 5.32 Å². The number of carbonyl (C=O) groups is 2. The van der Waals surface area contributed by atoms with E-state index < -0.39 is 5.60 Å². The van der Waals surface area contributed by atoms with Crippen LogP contribution in [0, 0.1) is 5.92 Å². The number of piperidine rings is 1. The molecular weight excluding hydrogens is 358 g/mol. The Hall–Kier alpha value is -1.70. The van der Waals surface area contributed by atoms with E-state index in [4.69, 9.17) is 4.74 Å². The molecule has 2 heterocycles. The van der Waals surface area contributed by atoms with Gasteiger partial charge in [0.2, 0.25) is 11.8 Å². The fourth-order valence-electron chi connectivity index (χ4n) is 3.82. The Balaban J connectivity index is 1.78. The lowest BCUT2D eigenvalue weighted by molar-refractivity contribution is -0.138. The van der Waals surface area contributed by atoms with Gasteiger partial charge in [-0.2, -0.15) is 0 Å². The van der Waals surface area contributed by atoms with Gasteiger partial charge in [-0.25, -0.2) is 0 Å². The van der Waals surface area contributed by atoms with E-state index >= 15 is 0 Å². The number of hydrogen-bond donors (Lipinski definition) is 2. The zero-order chi connectivity index (χ0) is 20.4. The number of nitrogens with one attached hydrogen (secondary N) is 1. The van der Waals surface area contributed by atoms with E-state index in [9.17, 15) is 14.7 Å². The summed E-state index contributed by atoms with van der Waals surface area (Å²) in [6.07, 6.45) is 5.92. The maximum Gasteiger partial charge on any atom is 0.225 e. The van der Waals surface area contributed by atoms with Gasteiger partial charge in [-0.1, -0.05) is 12.2 Å². The molecule has 7 heteroatoms. The molecule has 0 radical (unpaired) electrons. The summed E-state index contributed by atoms with van der Waals surface area (Å²) in [4.78, 5) is 29.0. The number of amides is 2. The van der Waals surface area contributed by atoms with Crippen molar-refractivity contribution in [2.24, 2.45) is 5.92 Å². The van der Waals surface area contributed by atoms with Gasteiger partial charge in [-0.15, -0.1) is 13.2 Å². The first-order chi connectivity index (χ1) is 13.5. The molecule has 0 bridgehead atoms. The number of morpholine rings is 1. The highest BCUT2D eigenvalue weighted by Gasteiger charge is 2.32. The Morgan fingerprint density at radius 1 is 1.25 bits per heavy atom. The van der Waals surface area contributed by atoms with Gasteiger partial charge in [0.1, 0.15) is 0 Å². The van der Waals surface area contributed by atoms with E-state index in [1.54, 1.807) is 12.2 Å². The summed E-state index contributed by atoms with van der Waals surface area (Å²) in [5.74, 6) is -0.198. The maximum absolute atomic E-state index is 12.6. The van der Waals surface area contributed by atoms with Crippen molar-refractivity contribution in [3.63, 3.8) is 0 Å². The predicted molar refractivity (Wildman–Crippen MR) is 109 cm³/mol. The van der Waals surface area contributed by atoms with Crippen molar-refractivity contribution in [2.75, 3.05) is 52.5 Å². The lowest BCUT2D eigenvalue weighted by Crippen LogP contribution is -2.49. The molecule has 0 aromatic carbocycles. The van der Waals surface area contributed by atoms with Crippen LogP contribution >= 0.6 is 0 Å². The number of carbonyl (C=O) groups excluding carboxylic acids is 2. The molecular formula is C21H35N3O4. The fraction of sp³-hybridized carbons (Fsp3) is 0.714. The number of ether oxygens (including phenoxy) is 1. The van der Waals surface area contributed by atoms with E-state index in [-0.39, 0.29) is 24.3 Å². The normalized spacial score (nSPS) is 21.4. The van der Waals surface area contributed by atoms with Gasteiger partial charge in [-0.05, 0) is 25.7 Å². The van der Waals surface area contributed by atoms with Crippen LogP contribution in [0.4, 0.5) is 0 Å². The Morgan fingerprint density at radius 2 is 1.93 bits per heavy atom. The summed E-state index contributed by atoms with van der Waals surface area (Å²) in [6.45, 7) is 13.0. The van der Waals surface area contributed by atoms with Gasteiger partial charge in [-0.3, -0.25) is 14.5 Å². The molecule has 0 saturated carbocycles. The van der Waals surface area contributed by atoms with Crippen LogP contribution in [0.25, 0.3) is 0 Å². The zero-order valence-electron chi connectivity index (χ0n) is 16.9. The van der Waals surface area contributed by atoms with Gasteiger partial charge in [0.05, 0.1) is 24.7 Å². The van der Waals surface area contributed by atoms with Crippen molar-refractivity contribution in [3.05, 3.63) is 25.3 Å². The second kappa shape index (κ2) is 11.3. The highest BCUT2D eigenvalue weighted by Crippen LogP contribution is 2.20. The Kier molecular flexibility index (Phi) is 9.15. The van der Waals surface area contributed by atoms with Crippen LogP contribution in [0.5, 0.6) is 0 Å². The zero-order valence-corrected chi connectivity index (χ0v) is 16.9. The molecule has 0 spiro atoms. The highest BCUT2D eigenvalue weighted by molar-refractivity contribution is 5.83. The van der Waals surface area contributed by atoms with Gasteiger partial charge in [0.25, 0.3) is 0 Å². The van der Waals surface area contributed by atoms with Crippen LogP contribution in [0.1, 0.15) is 32.1 Å². The summed E-state index contributed by atoms with van der Waals surface area (Å²) in [5.41, 5.74) is -1.05. The fourth-order valence-corrected chi connectivity index (χ4v) is 3.82. The van der Waals surface area contributed by atoms with E-state index in [0.717, 1.165) is 39.3 Å². The molecule has 158 valence electrons. The van der Waals surface area contributed by atoms with Gasteiger partial charge >= 0.3 is 0 Å². The molecule has 2 N–H and O–H groups in total. The number of likely N-dealkylation sites (tertiary alicyclic amines) is 1. The molecule has 0 aromatic rings. The maximum atomic E-state index is 12.6. The minimum absolute atomic E-state index is 0.0998. The molecule has 0 unspecified atom stereocenters. The van der Waals surface area contributed by atoms with Crippen molar-refractivity contribution in [1.82, 2.24) is 15.1 Å². The Bertz CT molecular complexity index is 536. The monoisotopic (exact) mass is 393 g/mol. The quantitative estimate of drug-likeness (QED) is 0.511. The van der Waals surface area contributed by atoms with Crippen LogP contribution in [-0.2, 0) is 14.3 Å². The van der Waals surface area contributed by atoms with Crippen LogP contribution in [-0.4, -0.2) is 84.8 Å². The minimum atomic E-state index is -1.05. The van der Waals surface area contributed by atoms with E-state index in [2.05, 4.69) is 23.4 Å².